The first kappa shape index (κ1) is 22.5. The van der Waals surface area contributed by atoms with Crippen molar-refractivity contribution in [2.45, 2.75) is 6.61 Å². The first-order valence-electron chi connectivity index (χ1n) is 9.28. The topological polar surface area (TPSA) is 91.2 Å². The molecular weight excluding hydrogens is 437 g/mol. The number of esters is 1. The van der Waals surface area contributed by atoms with Crippen molar-refractivity contribution < 1.29 is 13.9 Å². The predicted molar refractivity (Wildman–Crippen MR) is 122 cm³/mol. The van der Waals surface area contributed by atoms with Crippen molar-refractivity contribution in [1.29, 1.82) is 0 Å². The van der Waals surface area contributed by atoms with E-state index in [1.807, 2.05) is 72.8 Å². The monoisotopic (exact) mass is 455 g/mol. The fourth-order valence-electron chi connectivity index (χ4n) is 2.95. The lowest BCUT2D eigenvalue weighted by Gasteiger charge is -2.07. The molecule has 0 saturated heterocycles. The molecule has 0 bridgehead atoms. The standard InChI is InChI=1S/C23H18ClN3O3.ClH/c24-21-18(16-5-2-1-3-6-16)7-4-8-19(21)23-27-26-22(30-23)17-11-9-15(10-12-17)14-29-20(28)13-25;/h1-12H,13-14,25H2;1H. The van der Waals surface area contributed by atoms with Gasteiger partial charge in [-0.25, -0.2) is 0 Å². The van der Waals surface area contributed by atoms with Gasteiger partial charge in [-0.15, -0.1) is 22.6 Å². The van der Waals surface area contributed by atoms with Gasteiger partial charge in [0.25, 0.3) is 0 Å². The van der Waals surface area contributed by atoms with Gasteiger partial charge < -0.3 is 14.9 Å². The first-order valence-corrected chi connectivity index (χ1v) is 9.66. The van der Waals surface area contributed by atoms with Gasteiger partial charge in [-0.2, -0.15) is 0 Å². The minimum Gasteiger partial charge on any atom is -0.460 e. The Bertz CT molecular complexity index is 1160. The van der Waals surface area contributed by atoms with E-state index in [9.17, 15) is 4.79 Å². The molecule has 0 aliphatic rings. The zero-order valence-electron chi connectivity index (χ0n) is 16.3. The maximum absolute atomic E-state index is 11.2. The maximum atomic E-state index is 11.2. The summed E-state index contributed by atoms with van der Waals surface area (Å²) in [6.07, 6.45) is 0. The van der Waals surface area contributed by atoms with Gasteiger partial charge >= 0.3 is 5.97 Å². The molecule has 0 aliphatic carbocycles. The van der Waals surface area contributed by atoms with E-state index in [1.165, 1.54) is 0 Å². The Kier molecular flexibility index (Phi) is 7.41. The number of benzene rings is 3. The van der Waals surface area contributed by atoms with Crippen LogP contribution in [-0.4, -0.2) is 22.7 Å². The van der Waals surface area contributed by atoms with E-state index in [2.05, 4.69) is 10.2 Å². The molecule has 3 aromatic carbocycles. The highest BCUT2D eigenvalue weighted by Crippen LogP contribution is 2.36. The number of halogens is 2. The fourth-order valence-corrected chi connectivity index (χ4v) is 3.27. The summed E-state index contributed by atoms with van der Waals surface area (Å²) in [5.74, 6) is 0.264. The molecular formula is C23H19Cl2N3O3. The number of carbonyl (C=O) groups excluding carboxylic acids is 1. The van der Waals surface area contributed by atoms with Gasteiger partial charge in [0.05, 0.1) is 17.1 Å². The van der Waals surface area contributed by atoms with Crippen molar-refractivity contribution in [1.82, 2.24) is 10.2 Å². The van der Waals surface area contributed by atoms with Crippen LogP contribution in [0, 0.1) is 0 Å². The van der Waals surface area contributed by atoms with E-state index in [0.717, 1.165) is 22.3 Å². The molecule has 1 heterocycles. The van der Waals surface area contributed by atoms with Gasteiger partial charge in [-0.3, -0.25) is 4.79 Å². The van der Waals surface area contributed by atoms with Crippen LogP contribution in [0.1, 0.15) is 5.56 Å². The minimum absolute atomic E-state index is 0. The van der Waals surface area contributed by atoms with Gasteiger partial charge in [-0.05, 0) is 29.3 Å². The highest BCUT2D eigenvalue weighted by Gasteiger charge is 2.16. The Morgan fingerprint density at radius 1 is 0.871 bits per heavy atom. The van der Waals surface area contributed by atoms with Crippen LogP contribution in [0.4, 0.5) is 0 Å². The third-order valence-electron chi connectivity index (χ3n) is 4.51. The lowest BCUT2D eigenvalue weighted by Crippen LogP contribution is -2.16. The largest absolute Gasteiger partial charge is 0.460 e. The summed E-state index contributed by atoms with van der Waals surface area (Å²) >= 11 is 6.65. The molecule has 31 heavy (non-hydrogen) atoms. The molecule has 0 aliphatic heterocycles. The van der Waals surface area contributed by atoms with E-state index in [-0.39, 0.29) is 25.6 Å². The summed E-state index contributed by atoms with van der Waals surface area (Å²) in [7, 11) is 0. The SMILES string of the molecule is Cl.NCC(=O)OCc1ccc(-c2nnc(-c3cccc(-c4ccccc4)c3Cl)o2)cc1. The molecule has 0 saturated carbocycles. The number of rotatable bonds is 6. The van der Waals surface area contributed by atoms with Crippen LogP contribution in [0.2, 0.25) is 5.02 Å². The molecule has 0 atom stereocenters. The summed E-state index contributed by atoms with van der Waals surface area (Å²) in [6.45, 7) is 0.0180. The van der Waals surface area contributed by atoms with Crippen LogP contribution in [0.25, 0.3) is 34.0 Å². The Balaban J connectivity index is 0.00000272. The van der Waals surface area contributed by atoms with Crippen molar-refractivity contribution in [2.75, 3.05) is 6.54 Å². The maximum Gasteiger partial charge on any atom is 0.320 e. The van der Waals surface area contributed by atoms with Gasteiger partial charge in [0, 0.05) is 11.1 Å². The number of carbonyl (C=O) groups is 1. The quantitative estimate of drug-likeness (QED) is 0.404. The number of hydrogen-bond donors (Lipinski definition) is 1. The molecule has 158 valence electrons. The van der Waals surface area contributed by atoms with Crippen LogP contribution in [-0.2, 0) is 16.1 Å². The van der Waals surface area contributed by atoms with E-state index < -0.39 is 5.97 Å². The Morgan fingerprint density at radius 3 is 2.26 bits per heavy atom. The summed E-state index contributed by atoms with van der Waals surface area (Å²) in [6, 6.07) is 22.9. The zero-order valence-corrected chi connectivity index (χ0v) is 17.9. The smallest absolute Gasteiger partial charge is 0.320 e. The fraction of sp³-hybridized carbons (Fsp3) is 0.0870. The predicted octanol–water partition coefficient (Wildman–Crippen LogP) is 5.15. The van der Waals surface area contributed by atoms with Crippen LogP contribution in [0.15, 0.2) is 77.2 Å². The third kappa shape index (κ3) is 5.11. The first-order chi connectivity index (χ1) is 14.7. The molecule has 1 aromatic heterocycles. The zero-order chi connectivity index (χ0) is 20.9. The molecule has 4 aromatic rings. The van der Waals surface area contributed by atoms with E-state index >= 15 is 0 Å². The molecule has 0 radical (unpaired) electrons. The molecule has 0 unspecified atom stereocenters. The molecule has 0 amide bonds. The van der Waals surface area contributed by atoms with Crippen LogP contribution >= 0.6 is 24.0 Å². The Hall–Kier alpha value is -3.19. The van der Waals surface area contributed by atoms with Crippen LogP contribution in [0.5, 0.6) is 0 Å². The Labute approximate surface area is 190 Å². The third-order valence-corrected chi connectivity index (χ3v) is 4.91. The lowest BCUT2D eigenvalue weighted by atomic mass is 10.0. The molecule has 4 rings (SSSR count). The summed E-state index contributed by atoms with van der Waals surface area (Å²) < 4.78 is 10.9. The number of ether oxygens (including phenoxy) is 1. The average Bonchev–Trinajstić information content (AvgIpc) is 3.28. The van der Waals surface area contributed by atoms with Crippen molar-refractivity contribution in [3.8, 4) is 34.0 Å². The lowest BCUT2D eigenvalue weighted by molar-refractivity contribution is -0.143. The van der Waals surface area contributed by atoms with Crippen LogP contribution in [0.3, 0.4) is 0 Å². The number of nitrogens with two attached hydrogens (primary N) is 1. The Morgan fingerprint density at radius 2 is 1.55 bits per heavy atom. The van der Waals surface area contributed by atoms with E-state index in [4.69, 9.17) is 26.5 Å². The van der Waals surface area contributed by atoms with Gasteiger partial charge in [0.2, 0.25) is 11.8 Å². The molecule has 8 heteroatoms. The molecule has 6 nitrogen and oxygen atoms in total. The highest BCUT2D eigenvalue weighted by molar-refractivity contribution is 6.35. The number of hydrogen-bond acceptors (Lipinski definition) is 6. The molecule has 0 spiro atoms. The van der Waals surface area contributed by atoms with Gasteiger partial charge in [0.15, 0.2) is 0 Å². The highest BCUT2D eigenvalue weighted by atomic mass is 35.5. The van der Waals surface area contributed by atoms with E-state index in [1.54, 1.807) is 0 Å². The number of nitrogens with zero attached hydrogens (tertiary/aromatic N) is 2. The van der Waals surface area contributed by atoms with Gasteiger partial charge in [-0.1, -0.05) is 66.2 Å². The van der Waals surface area contributed by atoms with Gasteiger partial charge in [0.1, 0.15) is 6.61 Å². The minimum atomic E-state index is -0.449. The number of aromatic nitrogens is 2. The van der Waals surface area contributed by atoms with Crippen molar-refractivity contribution in [3.63, 3.8) is 0 Å². The van der Waals surface area contributed by atoms with E-state index in [0.29, 0.717) is 22.4 Å². The van der Waals surface area contributed by atoms with Crippen LogP contribution < -0.4 is 5.73 Å². The van der Waals surface area contributed by atoms with Crippen molar-refractivity contribution in [3.05, 3.63) is 83.4 Å². The average molecular weight is 456 g/mol. The summed E-state index contributed by atoms with van der Waals surface area (Å²) in [4.78, 5) is 11.2. The summed E-state index contributed by atoms with van der Waals surface area (Å²) in [5.41, 5.74) is 9.38. The summed E-state index contributed by atoms with van der Waals surface area (Å²) in [5, 5.41) is 8.87. The normalized spacial score (nSPS) is 10.4. The molecule has 0 fully saturated rings. The second-order valence-corrected chi connectivity index (χ2v) is 6.89. The molecule has 2 N–H and O–H groups in total. The van der Waals surface area contributed by atoms with Crippen molar-refractivity contribution in [2.24, 2.45) is 5.73 Å². The second kappa shape index (κ2) is 10.2. The second-order valence-electron chi connectivity index (χ2n) is 6.51. The van der Waals surface area contributed by atoms with Crippen molar-refractivity contribution >= 4 is 30.0 Å².